The van der Waals surface area contributed by atoms with Crippen LogP contribution < -0.4 is 14.8 Å². The van der Waals surface area contributed by atoms with Crippen molar-refractivity contribution in [2.24, 2.45) is 7.05 Å². The summed E-state index contributed by atoms with van der Waals surface area (Å²) in [6, 6.07) is 16.8. The molecule has 1 amide bonds. The van der Waals surface area contributed by atoms with E-state index in [0.29, 0.717) is 34.1 Å². The van der Waals surface area contributed by atoms with Crippen molar-refractivity contribution in [1.29, 1.82) is 0 Å². The van der Waals surface area contributed by atoms with E-state index in [0.717, 1.165) is 16.6 Å². The van der Waals surface area contributed by atoms with E-state index in [4.69, 9.17) is 14.5 Å². The zero-order chi connectivity index (χ0) is 21.3. The summed E-state index contributed by atoms with van der Waals surface area (Å²) >= 11 is 0. The number of hydrogen-bond acceptors (Lipinski definition) is 5. The molecule has 0 fully saturated rings. The number of amides is 1. The van der Waals surface area contributed by atoms with Crippen molar-refractivity contribution in [3.63, 3.8) is 0 Å². The van der Waals surface area contributed by atoms with Gasteiger partial charge in [-0.25, -0.2) is 4.98 Å². The molecule has 0 saturated carbocycles. The summed E-state index contributed by atoms with van der Waals surface area (Å²) in [5, 5.41) is 8.14. The number of methoxy groups -OCH3 is 2. The third-order valence-corrected chi connectivity index (χ3v) is 4.94. The molecular weight excluding hydrogens is 380 g/mol. The quantitative estimate of drug-likeness (QED) is 0.541. The number of carbonyl (C=O) groups is 1. The minimum absolute atomic E-state index is 0.265. The Kier molecular flexibility index (Phi) is 5.10. The first-order valence-corrected chi connectivity index (χ1v) is 9.45. The summed E-state index contributed by atoms with van der Waals surface area (Å²) in [4.78, 5) is 18.1. The van der Waals surface area contributed by atoms with Gasteiger partial charge in [0.25, 0.3) is 5.91 Å². The van der Waals surface area contributed by atoms with Crippen LogP contribution in [0.4, 0.5) is 5.69 Å². The van der Waals surface area contributed by atoms with Crippen molar-refractivity contribution < 1.29 is 14.3 Å². The molecule has 0 unspecified atom stereocenters. The first-order valence-electron chi connectivity index (χ1n) is 9.45. The standard InChI is InChI=1S/C23H22N4O3/c1-14-21-17(23(28)25-18-11-10-16(29-3)12-20(18)30-4)13-19(15-8-6-5-7-9-15)24-22(21)27(2)26-14/h5-13H,1-4H3,(H,25,28). The molecule has 0 radical (unpaired) electrons. The number of ether oxygens (including phenoxy) is 2. The molecular formula is C23H22N4O3. The molecule has 0 aliphatic heterocycles. The van der Waals surface area contributed by atoms with Gasteiger partial charge in [0.1, 0.15) is 11.5 Å². The Balaban J connectivity index is 1.82. The normalized spacial score (nSPS) is 10.8. The second-order valence-corrected chi connectivity index (χ2v) is 6.85. The van der Waals surface area contributed by atoms with E-state index in [-0.39, 0.29) is 5.91 Å². The molecule has 0 aliphatic rings. The third-order valence-electron chi connectivity index (χ3n) is 4.94. The molecule has 0 aliphatic carbocycles. The van der Waals surface area contributed by atoms with E-state index in [1.54, 1.807) is 43.2 Å². The lowest BCUT2D eigenvalue weighted by Gasteiger charge is -2.13. The molecule has 0 bridgehead atoms. The van der Waals surface area contributed by atoms with Gasteiger partial charge in [0.2, 0.25) is 0 Å². The monoisotopic (exact) mass is 402 g/mol. The number of hydrogen-bond donors (Lipinski definition) is 1. The van der Waals surface area contributed by atoms with E-state index < -0.39 is 0 Å². The van der Waals surface area contributed by atoms with Gasteiger partial charge in [0.15, 0.2) is 5.65 Å². The Hall–Kier alpha value is -3.87. The Bertz CT molecular complexity index is 1230. The number of nitrogens with zero attached hydrogens (tertiary/aromatic N) is 3. The predicted molar refractivity (Wildman–Crippen MR) is 116 cm³/mol. The van der Waals surface area contributed by atoms with Gasteiger partial charge in [-0.3, -0.25) is 9.48 Å². The molecule has 2 heterocycles. The number of anilines is 1. The summed E-state index contributed by atoms with van der Waals surface area (Å²) < 4.78 is 12.3. The second-order valence-electron chi connectivity index (χ2n) is 6.85. The molecule has 0 atom stereocenters. The number of benzene rings is 2. The van der Waals surface area contributed by atoms with Crippen LogP contribution in [0.2, 0.25) is 0 Å². The fraction of sp³-hybridized carbons (Fsp3) is 0.174. The van der Waals surface area contributed by atoms with Crippen LogP contribution in [0.3, 0.4) is 0 Å². The first kappa shape index (κ1) is 19.4. The Morgan fingerprint density at radius 3 is 2.50 bits per heavy atom. The molecule has 0 spiro atoms. The van der Waals surface area contributed by atoms with Crippen molar-refractivity contribution in [2.75, 3.05) is 19.5 Å². The fourth-order valence-corrected chi connectivity index (χ4v) is 3.47. The zero-order valence-corrected chi connectivity index (χ0v) is 17.3. The average molecular weight is 402 g/mol. The molecule has 2 aromatic carbocycles. The van der Waals surface area contributed by atoms with E-state index in [9.17, 15) is 4.79 Å². The van der Waals surface area contributed by atoms with Gasteiger partial charge in [-0.15, -0.1) is 0 Å². The SMILES string of the molecule is COc1ccc(NC(=O)c2cc(-c3ccccc3)nc3c2c(C)nn3C)c(OC)c1. The summed E-state index contributed by atoms with van der Waals surface area (Å²) in [5.41, 5.74) is 4.08. The largest absolute Gasteiger partial charge is 0.497 e. The lowest BCUT2D eigenvalue weighted by molar-refractivity contribution is 0.102. The number of aryl methyl sites for hydroxylation is 2. The number of aromatic nitrogens is 3. The van der Waals surface area contributed by atoms with Gasteiger partial charge in [0.05, 0.1) is 42.2 Å². The molecule has 7 nitrogen and oxygen atoms in total. The minimum Gasteiger partial charge on any atom is -0.497 e. The summed E-state index contributed by atoms with van der Waals surface area (Å²) in [5.74, 6) is 0.893. The van der Waals surface area contributed by atoms with Crippen LogP contribution in [-0.4, -0.2) is 34.9 Å². The molecule has 0 saturated heterocycles. The van der Waals surface area contributed by atoms with Crippen molar-refractivity contribution in [2.45, 2.75) is 6.92 Å². The van der Waals surface area contributed by atoms with Crippen LogP contribution in [0, 0.1) is 6.92 Å². The smallest absolute Gasteiger partial charge is 0.256 e. The maximum Gasteiger partial charge on any atom is 0.256 e. The highest BCUT2D eigenvalue weighted by molar-refractivity contribution is 6.13. The highest BCUT2D eigenvalue weighted by Crippen LogP contribution is 2.31. The summed E-state index contributed by atoms with van der Waals surface area (Å²) in [7, 11) is 4.95. The average Bonchev–Trinajstić information content (AvgIpc) is 3.07. The van der Waals surface area contributed by atoms with Gasteiger partial charge >= 0.3 is 0 Å². The molecule has 1 N–H and O–H groups in total. The van der Waals surface area contributed by atoms with E-state index in [2.05, 4.69) is 10.4 Å². The van der Waals surface area contributed by atoms with Crippen molar-refractivity contribution in [1.82, 2.24) is 14.8 Å². The van der Waals surface area contributed by atoms with Crippen LogP contribution in [0.25, 0.3) is 22.3 Å². The van der Waals surface area contributed by atoms with Gasteiger partial charge in [-0.2, -0.15) is 5.10 Å². The Morgan fingerprint density at radius 2 is 1.80 bits per heavy atom. The lowest BCUT2D eigenvalue weighted by Crippen LogP contribution is -2.14. The third kappa shape index (κ3) is 3.45. The van der Waals surface area contributed by atoms with Crippen molar-refractivity contribution in [3.05, 3.63) is 65.9 Å². The number of fused-ring (bicyclic) bond motifs is 1. The van der Waals surface area contributed by atoms with Crippen LogP contribution in [0.5, 0.6) is 11.5 Å². The molecule has 4 rings (SSSR count). The molecule has 7 heteroatoms. The predicted octanol–water partition coefficient (Wildman–Crippen LogP) is 4.21. The topological polar surface area (TPSA) is 78.3 Å². The maximum atomic E-state index is 13.3. The molecule has 30 heavy (non-hydrogen) atoms. The second kappa shape index (κ2) is 7.87. The Labute approximate surface area is 174 Å². The zero-order valence-electron chi connectivity index (χ0n) is 17.3. The number of pyridine rings is 1. The first-order chi connectivity index (χ1) is 14.5. The van der Waals surface area contributed by atoms with E-state index in [1.165, 1.54) is 0 Å². The lowest BCUT2D eigenvalue weighted by atomic mass is 10.0. The van der Waals surface area contributed by atoms with E-state index in [1.807, 2.05) is 44.3 Å². The van der Waals surface area contributed by atoms with Gasteiger partial charge < -0.3 is 14.8 Å². The number of nitrogens with one attached hydrogen (secondary N) is 1. The van der Waals surface area contributed by atoms with Crippen LogP contribution in [0.1, 0.15) is 16.1 Å². The van der Waals surface area contributed by atoms with Crippen molar-refractivity contribution >= 4 is 22.6 Å². The van der Waals surface area contributed by atoms with Crippen LogP contribution >= 0.6 is 0 Å². The highest BCUT2D eigenvalue weighted by atomic mass is 16.5. The van der Waals surface area contributed by atoms with Crippen molar-refractivity contribution in [3.8, 4) is 22.8 Å². The van der Waals surface area contributed by atoms with Gasteiger partial charge in [-0.1, -0.05) is 30.3 Å². The van der Waals surface area contributed by atoms with Crippen LogP contribution in [0.15, 0.2) is 54.6 Å². The van der Waals surface area contributed by atoms with Gasteiger partial charge in [0, 0.05) is 18.7 Å². The molecule has 2 aromatic heterocycles. The van der Waals surface area contributed by atoms with E-state index >= 15 is 0 Å². The number of carbonyl (C=O) groups excluding carboxylic acids is 1. The molecule has 4 aromatic rings. The number of rotatable bonds is 5. The fourth-order valence-electron chi connectivity index (χ4n) is 3.47. The summed E-state index contributed by atoms with van der Waals surface area (Å²) in [6.45, 7) is 1.87. The summed E-state index contributed by atoms with van der Waals surface area (Å²) in [6.07, 6.45) is 0. The minimum atomic E-state index is -0.265. The molecule has 152 valence electrons. The highest BCUT2D eigenvalue weighted by Gasteiger charge is 2.20. The van der Waals surface area contributed by atoms with Gasteiger partial charge in [-0.05, 0) is 25.1 Å². The van der Waals surface area contributed by atoms with Crippen LogP contribution in [-0.2, 0) is 7.05 Å². The maximum absolute atomic E-state index is 13.3. The Morgan fingerprint density at radius 1 is 1.03 bits per heavy atom.